The number of nitrogens with zero attached hydrogens (tertiary/aromatic N) is 3. The molecule has 2 aromatic rings. The zero-order valence-corrected chi connectivity index (χ0v) is 15.0. The standard InChI is InChI=1S/C21H27N3O/c1-22-12-4-6-19(22)20-7-5-15-24(20)21(25)18-10-8-17(9-11-18)16-23-13-2-3-14-23/h2-3,8-11,13-14,19-20H,4-7,12,15-16H2,1H3/t19-,20+/m1/s1. The number of amides is 1. The van der Waals surface area contributed by atoms with E-state index in [0.717, 1.165) is 38.0 Å². The van der Waals surface area contributed by atoms with Crippen LogP contribution in [-0.4, -0.2) is 52.5 Å². The Kier molecular flexibility index (Phi) is 4.62. The summed E-state index contributed by atoms with van der Waals surface area (Å²) in [5.74, 6) is 0.204. The van der Waals surface area contributed by atoms with Crippen molar-refractivity contribution in [2.45, 2.75) is 44.3 Å². The fourth-order valence-corrected chi connectivity index (χ4v) is 4.47. The third-order valence-corrected chi connectivity index (χ3v) is 5.81. The first-order valence-corrected chi connectivity index (χ1v) is 9.43. The molecule has 0 radical (unpaired) electrons. The monoisotopic (exact) mass is 337 g/mol. The molecular formula is C21H27N3O. The molecule has 25 heavy (non-hydrogen) atoms. The molecule has 2 atom stereocenters. The molecule has 4 rings (SSSR count). The molecule has 4 nitrogen and oxygen atoms in total. The van der Waals surface area contributed by atoms with Gasteiger partial charge in [-0.1, -0.05) is 12.1 Å². The SMILES string of the molecule is CN1CCC[C@@H]1[C@@H]1CCCN1C(=O)c1ccc(Cn2cccc2)cc1. The first kappa shape index (κ1) is 16.4. The van der Waals surface area contributed by atoms with Crippen LogP contribution in [-0.2, 0) is 6.54 Å². The van der Waals surface area contributed by atoms with Gasteiger partial charge in [-0.15, -0.1) is 0 Å². The van der Waals surface area contributed by atoms with E-state index in [1.54, 1.807) is 0 Å². The van der Waals surface area contributed by atoms with E-state index in [9.17, 15) is 4.79 Å². The van der Waals surface area contributed by atoms with Gasteiger partial charge < -0.3 is 14.4 Å². The predicted molar refractivity (Wildman–Crippen MR) is 99.7 cm³/mol. The van der Waals surface area contributed by atoms with Crippen molar-refractivity contribution in [3.63, 3.8) is 0 Å². The van der Waals surface area contributed by atoms with Crippen LogP contribution in [0.15, 0.2) is 48.8 Å². The van der Waals surface area contributed by atoms with Crippen molar-refractivity contribution >= 4 is 5.91 Å². The Hall–Kier alpha value is -2.07. The van der Waals surface area contributed by atoms with Crippen LogP contribution in [0.1, 0.15) is 41.6 Å². The lowest BCUT2D eigenvalue weighted by atomic mass is 10.0. The Labute approximate surface area is 150 Å². The maximum Gasteiger partial charge on any atom is 0.254 e. The minimum atomic E-state index is 0.204. The highest BCUT2D eigenvalue weighted by Gasteiger charge is 2.38. The Morgan fingerprint density at radius 2 is 1.68 bits per heavy atom. The number of benzene rings is 1. The fourth-order valence-electron chi connectivity index (χ4n) is 4.47. The van der Waals surface area contributed by atoms with E-state index in [1.165, 1.54) is 18.4 Å². The van der Waals surface area contributed by atoms with Gasteiger partial charge in [0.15, 0.2) is 0 Å². The second kappa shape index (κ2) is 7.04. The van der Waals surface area contributed by atoms with E-state index in [2.05, 4.69) is 45.9 Å². The molecule has 0 bridgehead atoms. The zero-order valence-electron chi connectivity index (χ0n) is 15.0. The fraction of sp³-hybridized carbons (Fsp3) is 0.476. The summed E-state index contributed by atoms with van der Waals surface area (Å²) in [7, 11) is 2.20. The first-order chi connectivity index (χ1) is 12.2. The molecule has 0 spiro atoms. The minimum Gasteiger partial charge on any atom is -0.350 e. The second-order valence-electron chi connectivity index (χ2n) is 7.45. The Morgan fingerprint density at radius 1 is 1.00 bits per heavy atom. The highest BCUT2D eigenvalue weighted by molar-refractivity contribution is 5.94. The lowest BCUT2D eigenvalue weighted by Gasteiger charge is -2.33. The zero-order chi connectivity index (χ0) is 17.2. The molecule has 1 amide bonds. The average Bonchev–Trinajstić information content (AvgIpc) is 3.36. The predicted octanol–water partition coefficient (Wildman–Crippen LogP) is 3.24. The molecule has 1 aromatic heterocycles. The van der Waals surface area contributed by atoms with E-state index in [1.807, 2.05) is 24.3 Å². The molecule has 4 heteroatoms. The number of aromatic nitrogens is 1. The third-order valence-electron chi connectivity index (χ3n) is 5.81. The summed E-state index contributed by atoms with van der Waals surface area (Å²) >= 11 is 0. The van der Waals surface area contributed by atoms with Crippen molar-refractivity contribution in [2.24, 2.45) is 0 Å². The number of likely N-dealkylation sites (N-methyl/N-ethyl adjacent to an activating group) is 1. The molecule has 2 fully saturated rings. The normalized spacial score (nSPS) is 24.1. The second-order valence-corrected chi connectivity index (χ2v) is 7.45. The van der Waals surface area contributed by atoms with Crippen LogP contribution in [0.3, 0.4) is 0 Å². The van der Waals surface area contributed by atoms with Gasteiger partial charge in [-0.2, -0.15) is 0 Å². The highest BCUT2D eigenvalue weighted by Crippen LogP contribution is 2.30. The number of rotatable bonds is 4. The molecule has 2 saturated heterocycles. The van der Waals surface area contributed by atoms with Crippen LogP contribution in [0.4, 0.5) is 0 Å². The van der Waals surface area contributed by atoms with Crippen molar-refractivity contribution in [3.05, 3.63) is 59.9 Å². The van der Waals surface area contributed by atoms with Crippen LogP contribution < -0.4 is 0 Å². The van der Waals surface area contributed by atoms with Gasteiger partial charge in [-0.3, -0.25) is 4.79 Å². The maximum absolute atomic E-state index is 13.1. The third kappa shape index (κ3) is 3.36. The van der Waals surface area contributed by atoms with Crippen LogP contribution in [0.2, 0.25) is 0 Å². The van der Waals surface area contributed by atoms with Gasteiger partial charge in [0.25, 0.3) is 5.91 Å². The molecule has 0 N–H and O–H groups in total. The quantitative estimate of drug-likeness (QED) is 0.857. The summed E-state index contributed by atoms with van der Waals surface area (Å²) in [5.41, 5.74) is 2.05. The maximum atomic E-state index is 13.1. The molecule has 3 heterocycles. The van der Waals surface area contributed by atoms with Crippen LogP contribution in [0, 0.1) is 0 Å². The summed E-state index contributed by atoms with van der Waals surface area (Å²) in [6.07, 6.45) is 8.88. The molecule has 132 valence electrons. The first-order valence-electron chi connectivity index (χ1n) is 9.43. The molecule has 0 aliphatic carbocycles. The molecule has 1 aromatic carbocycles. The van der Waals surface area contributed by atoms with Crippen molar-refractivity contribution in [1.29, 1.82) is 0 Å². The average molecular weight is 337 g/mol. The van der Waals surface area contributed by atoms with Crippen LogP contribution >= 0.6 is 0 Å². The molecule has 0 saturated carbocycles. The number of hydrogen-bond acceptors (Lipinski definition) is 2. The van der Waals surface area contributed by atoms with Gasteiger partial charge in [0.05, 0.1) is 0 Å². The van der Waals surface area contributed by atoms with Gasteiger partial charge in [0.2, 0.25) is 0 Å². The highest BCUT2D eigenvalue weighted by atomic mass is 16.2. The van der Waals surface area contributed by atoms with Gasteiger partial charge in [-0.05, 0) is 69.1 Å². The summed E-state index contributed by atoms with van der Waals surface area (Å²) in [4.78, 5) is 17.6. The van der Waals surface area contributed by atoms with Crippen LogP contribution in [0.25, 0.3) is 0 Å². The van der Waals surface area contributed by atoms with Crippen molar-refractivity contribution in [1.82, 2.24) is 14.4 Å². The lowest BCUT2D eigenvalue weighted by Crippen LogP contribution is -2.47. The number of likely N-dealkylation sites (tertiary alicyclic amines) is 2. The van der Waals surface area contributed by atoms with Gasteiger partial charge in [-0.25, -0.2) is 0 Å². The van der Waals surface area contributed by atoms with Crippen molar-refractivity contribution in [3.8, 4) is 0 Å². The van der Waals surface area contributed by atoms with E-state index >= 15 is 0 Å². The number of carbonyl (C=O) groups excluding carboxylic acids is 1. The van der Waals surface area contributed by atoms with E-state index < -0.39 is 0 Å². The number of hydrogen-bond donors (Lipinski definition) is 0. The van der Waals surface area contributed by atoms with Crippen molar-refractivity contribution in [2.75, 3.05) is 20.1 Å². The Morgan fingerprint density at radius 3 is 2.36 bits per heavy atom. The lowest BCUT2D eigenvalue weighted by molar-refractivity contribution is 0.0664. The van der Waals surface area contributed by atoms with E-state index in [0.29, 0.717) is 12.1 Å². The summed E-state index contributed by atoms with van der Waals surface area (Å²) in [5, 5.41) is 0. The van der Waals surface area contributed by atoms with E-state index in [-0.39, 0.29) is 5.91 Å². The number of carbonyl (C=O) groups is 1. The van der Waals surface area contributed by atoms with E-state index in [4.69, 9.17) is 0 Å². The van der Waals surface area contributed by atoms with Crippen LogP contribution in [0.5, 0.6) is 0 Å². The molecule has 2 aliphatic rings. The summed E-state index contributed by atoms with van der Waals surface area (Å²) in [6.45, 7) is 2.91. The molecular weight excluding hydrogens is 310 g/mol. The molecule has 0 unspecified atom stereocenters. The van der Waals surface area contributed by atoms with Gasteiger partial charge >= 0.3 is 0 Å². The smallest absolute Gasteiger partial charge is 0.254 e. The Balaban J connectivity index is 1.46. The molecule has 2 aliphatic heterocycles. The minimum absolute atomic E-state index is 0.204. The van der Waals surface area contributed by atoms with Gasteiger partial charge in [0, 0.05) is 43.1 Å². The Bertz CT molecular complexity index is 707. The topological polar surface area (TPSA) is 28.5 Å². The largest absolute Gasteiger partial charge is 0.350 e. The summed E-state index contributed by atoms with van der Waals surface area (Å²) < 4.78 is 2.14. The van der Waals surface area contributed by atoms with Crippen molar-refractivity contribution < 1.29 is 4.79 Å². The van der Waals surface area contributed by atoms with Gasteiger partial charge in [0.1, 0.15) is 0 Å². The summed E-state index contributed by atoms with van der Waals surface area (Å²) in [6, 6.07) is 13.2.